The number of nitrogens with one attached hydrogen (secondary N) is 1. The molecule has 6 heteroatoms. The van der Waals surface area contributed by atoms with Gasteiger partial charge in [-0.25, -0.2) is 9.37 Å². The first-order chi connectivity index (χ1) is 11.7. The molecular formula is C18H25FN4O. The van der Waals surface area contributed by atoms with Crippen molar-refractivity contribution in [1.29, 1.82) is 0 Å². The molecule has 0 spiro atoms. The van der Waals surface area contributed by atoms with Crippen molar-refractivity contribution in [3.05, 3.63) is 41.8 Å². The Bertz CT molecular complexity index is 633. The van der Waals surface area contributed by atoms with Crippen LogP contribution in [0.4, 0.5) is 21.8 Å². The van der Waals surface area contributed by atoms with Gasteiger partial charge in [0.25, 0.3) is 0 Å². The Hall–Kier alpha value is -2.21. The molecular weight excluding hydrogens is 307 g/mol. The maximum absolute atomic E-state index is 13.0. The van der Waals surface area contributed by atoms with Gasteiger partial charge >= 0.3 is 0 Å². The van der Waals surface area contributed by atoms with Crippen LogP contribution in [0.15, 0.2) is 30.3 Å². The number of aromatic nitrogens is 2. The molecule has 2 aromatic rings. The summed E-state index contributed by atoms with van der Waals surface area (Å²) in [6.07, 6.45) is 1.89. The van der Waals surface area contributed by atoms with Gasteiger partial charge in [0.1, 0.15) is 11.6 Å². The molecule has 0 radical (unpaired) electrons. The fourth-order valence-electron chi connectivity index (χ4n) is 2.38. The number of nitrogens with zero attached hydrogens (tertiary/aromatic N) is 3. The molecule has 0 fully saturated rings. The lowest BCUT2D eigenvalue weighted by Crippen LogP contribution is -2.28. The molecule has 0 aliphatic heterocycles. The summed E-state index contributed by atoms with van der Waals surface area (Å²) < 4.78 is 18.2. The highest BCUT2D eigenvalue weighted by Gasteiger charge is 2.11. The number of halogens is 1. The SMILES string of the molecule is CCCc1cc(N(CC)CCOC)nc(Nc2ccc(F)cc2)n1. The van der Waals surface area contributed by atoms with Crippen LogP contribution in [0.1, 0.15) is 26.0 Å². The number of hydrogen-bond acceptors (Lipinski definition) is 5. The number of likely N-dealkylation sites (N-methyl/N-ethyl adjacent to an activating group) is 1. The molecule has 0 amide bonds. The van der Waals surface area contributed by atoms with E-state index in [0.29, 0.717) is 12.6 Å². The summed E-state index contributed by atoms with van der Waals surface area (Å²) in [5, 5.41) is 3.16. The largest absolute Gasteiger partial charge is 0.383 e. The van der Waals surface area contributed by atoms with Crippen LogP contribution >= 0.6 is 0 Å². The van der Waals surface area contributed by atoms with Gasteiger partial charge in [0.15, 0.2) is 0 Å². The van der Waals surface area contributed by atoms with Crippen molar-refractivity contribution < 1.29 is 9.13 Å². The zero-order valence-corrected chi connectivity index (χ0v) is 14.6. The predicted molar refractivity (Wildman–Crippen MR) is 95.5 cm³/mol. The lowest BCUT2D eigenvalue weighted by Gasteiger charge is -2.22. The average Bonchev–Trinajstić information content (AvgIpc) is 2.58. The van der Waals surface area contributed by atoms with E-state index in [9.17, 15) is 4.39 Å². The smallest absolute Gasteiger partial charge is 0.229 e. The molecule has 0 saturated carbocycles. The summed E-state index contributed by atoms with van der Waals surface area (Å²) in [7, 11) is 1.69. The van der Waals surface area contributed by atoms with Gasteiger partial charge in [0.05, 0.1) is 6.61 Å². The van der Waals surface area contributed by atoms with Crippen LogP contribution < -0.4 is 10.2 Å². The number of methoxy groups -OCH3 is 1. The third kappa shape index (κ3) is 5.16. The summed E-state index contributed by atoms with van der Waals surface area (Å²) in [6, 6.07) is 8.20. The van der Waals surface area contributed by atoms with Crippen molar-refractivity contribution in [1.82, 2.24) is 9.97 Å². The topological polar surface area (TPSA) is 50.3 Å². The van der Waals surface area contributed by atoms with Crippen LogP contribution in [0.5, 0.6) is 0 Å². The Morgan fingerprint density at radius 1 is 1.17 bits per heavy atom. The Morgan fingerprint density at radius 3 is 2.54 bits per heavy atom. The first-order valence-corrected chi connectivity index (χ1v) is 8.30. The fraction of sp³-hybridized carbons (Fsp3) is 0.444. The van der Waals surface area contributed by atoms with Crippen LogP contribution in [0, 0.1) is 5.82 Å². The standard InChI is InChI=1S/C18H25FN4O/c1-4-6-16-13-17(23(5-2)11-12-24-3)22-18(21-16)20-15-9-7-14(19)8-10-15/h7-10,13H,4-6,11-12H2,1-3H3,(H,20,21,22). The quantitative estimate of drug-likeness (QED) is 0.757. The molecule has 0 saturated heterocycles. The van der Waals surface area contributed by atoms with Crippen LogP contribution in [0.3, 0.4) is 0 Å². The summed E-state index contributed by atoms with van der Waals surface area (Å²) in [5.41, 5.74) is 1.75. The molecule has 0 bridgehead atoms. The number of ether oxygens (including phenoxy) is 1. The van der Waals surface area contributed by atoms with Crippen molar-refractivity contribution in [2.45, 2.75) is 26.7 Å². The maximum Gasteiger partial charge on any atom is 0.229 e. The highest BCUT2D eigenvalue weighted by Crippen LogP contribution is 2.19. The molecule has 24 heavy (non-hydrogen) atoms. The highest BCUT2D eigenvalue weighted by molar-refractivity contribution is 5.55. The minimum Gasteiger partial charge on any atom is -0.383 e. The molecule has 0 aliphatic carbocycles. The van der Waals surface area contributed by atoms with Gasteiger partial charge in [-0.15, -0.1) is 0 Å². The van der Waals surface area contributed by atoms with E-state index in [1.165, 1.54) is 12.1 Å². The molecule has 2 rings (SSSR count). The Morgan fingerprint density at radius 2 is 1.92 bits per heavy atom. The third-order valence-electron chi connectivity index (χ3n) is 3.64. The van der Waals surface area contributed by atoms with E-state index in [4.69, 9.17) is 4.74 Å². The monoisotopic (exact) mass is 332 g/mol. The van der Waals surface area contributed by atoms with Gasteiger partial charge in [-0.2, -0.15) is 4.98 Å². The van der Waals surface area contributed by atoms with Gasteiger partial charge < -0.3 is 15.0 Å². The van der Waals surface area contributed by atoms with E-state index in [-0.39, 0.29) is 5.82 Å². The summed E-state index contributed by atoms with van der Waals surface area (Å²) in [6.45, 7) is 6.46. The van der Waals surface area contributed by atoms with E-state index in [0.717, 1.165) is 43.1 Å². The second kappa shape index (κ2) is 9.17. The van der Waals surface area contributed by atoms with Gasteiger partial charge in [-0.05, 0) is 37.6 Å². The molecule has 1 aromatic heterocycles. The lowest BCUT2D eigenvalue weighted by atomic mass is 10.2. The van der Waals surface area contributed by atoms with E-state index in [1.54, 1.807) is 19.2 Å². The first kappa shape index (κ1) is 18.1. The van der Waals surface area contributed by atoms with Crippen molar-refractivity contribution in [3.8, 4) is 0 Å². The van der Waals surface area contributed by atoms with Crippen LogP contribution in [0.2, 0.25) is 0 Å². The molecule has 1 N–H and O–H groups in total. The Balaban J connectivity index is 2.27. The van der Waals surface area contributed by atoms with E-state index in [1.807, 2.05) is 6.07 Å². The van der Waals surface area contributed by atoms with E-state index >= 15 is 0 Å². The Labute approximate surface area is 142 Å². The maximum atomic E-state index is 13.0. The van der Waals surface area contributed by atoms with E-state index < -0.39 is 0 Å². The second-order valence-corrected chi connectivity index (χ2v) is 5.50. The minimum absolute atomic E-state index is 0.265. The summed E-state index contributed by atoms with van der Waals surface area (Å²) in [4.78, 5) is 11.3. The normalized spacial score (nSPS) is 10.7. The lowest BCUT2D eigenvalue weighted by molar-refractivity contribution is 0.205. The molecule has 0 unspecified atom stereocenters. The second-order valence-electron chi connectivity index (χ2n) is 5.50. The van der Waals surface area contributed by atoms with Crippen LogP contribution in [-0.4, -0.2) is 36.8 Å². The van der Waals surface area contributed by atoms with Crippen molar-refractivity contribution in [2.75, 3.05) is 37.0 Å². The summed E-state index contributed by atoms with van der Waals surface area (Å²) >= 11 is 0. The van der Waals surface area contributed by atoms with Gasteiger partial charge in [-0.1, -0.05) is 13.3 Å². The van der Waals surface area contributed by atoms with Crippen molar-refractivity contribution in [3.63, 3.8) is 0 Å². The predicted octanol–water partition coefficient (Wildman–Crippen LogP) is 3.78. The molecule has 1 heterocycles. The van der Waals surface area contributed by atoms with Gasteiger partial charge in [-0.3, -0.25) is 0 Å². The number of benzene rings is 1. The zero-order chi connectivity index (χ0) is 17.4. The highest BCUT2D eigenvalue weighted by atomic mass is 19.1. The van der Waals surface area contributed by atoms with Crippen LogP contribution in [-0.2, 0) is 11.2 Å². The molecule has 0 aliphatic rings. The van der Waals surface area contributed by atoms with Crippen LogP contribution in [0.25, 0.3) is 0 Å². The number of aryl methyl sites for hydroxylation is 1. The number of rotatable bonds is 9. The zero-order valence-electron chi connectivity index (χ0n) is 14.6. The average molecular weight is 332 g/mol. The summed E-state index contributed by atoms with van der Waals surface area (Å²) in [5.74, 6) is 1.13. The number of anilines is 3. The van der Waals surface area contributed by atoms with E-state index in [2.05, 4.69) is 34.0 Å². The Kier molecular flexibility index (Phi) is 6.93. The van der Waals surface area contributed by atoms with Crippen molar-refractivity contribution >= 4 is 17.5 Å². The third-order valence-corrected chi connectivity index (χ3v) is 3.64. The molecule has 130 valence electrons. The number of hydrogen-bond donors (Lipinski definition) is 1. The van der Waals surface area contributed by atoms with Crippen molar-refractivity contribution in [2.24, 2.45) is 0 Å². The first-order valence-electron chi connectivity index (χ1n) is 8.30. The van der Waals surface area contributed by atoms with Gasteiger partial charge in [0.2, 0.25) is 5.95 Å². The van der Waals surface area contributed by atoms with Gasteiger partial charge in [0, 0.05) is 37.6 Å². The fourth-order valence-corrected chi connectivity index (χ4v) is 2.38. The molecule has 0 atom stereocenters. The minimum atomic E-state index is -0.265. The molecule has 5 nitrogen and oxygen atoms in total. The molecule has 1 aromatic carbocycles.